The van der Waals surface area contributed by atoms with Crippen LogP contribution in [0.25, 0.3) is 44.2 Å². The normalized spacial score (nSPS) is 14.4. The molecule has 2 aliphatic carbocycles. The minimum Gasteiger partial charge on any atom is -0.310 e. The average Bonchev–Trinajstić information content (AvgIpc) is 3.91. The lowest BCUT2D eigenvalue weighted by Gasteiger charge is -2.35. The van der Waals surface area contributed by atoms with Crippen molar-refractivity contribution in [1.29, 1.82) is 0 Å². The zero-order valence-electron chi connectivity index (χ0n) is 40.6. The summed E-state index contributed by atoms with van der Waals surface area (Å²) in [6, 6.07) is 86.6. The summed E-state index contributed by atoms with van der Waals surface area (Å²) in [6.45, 7) is 0. The summed E-state index contributed by atoms with van der Waals surface area (Å²) < 4.78 is 39.8. The molecule has 2 aliphatic rings. The third kappa shape index (κ3) is 5.75. The summed E-state index contributed by atoms with van der Waals surface area (Å²) in [5, 5.41) is 1.85. The molecule has 1 nitrogen and oxygen atoms in total. The summed E-state index contributed by atoms with van der Waals surface area (Å²) in [7, 11) is 0. The van der Waals surface area contributed by atoms with Gasteiger partial charge in [0, 0.05) is 16.9 Å². The van der Waals surface area contributed by atoms with Crippen molar-refractivity contribution >= 4 is 27.8 Å². The average molecular weight is 856 g/mol. The van der Waals surface area contributed by atoms with E-state index in [2.05, 4.69) is 211 Å². The van der Waals surface area contributed by atoms with E-state index in [9.17, 15) is 5.48 Å². The van der Waals surface area contributed by atoms with Crippen LogP contribution in [0.4, 0.5) is 17.1 Å². The molecule has 0 saturated carbocycles. The predicted molar refractivity (Wildman–Crippen MR) is 279 cm³/mol. The first-order valence-corrected chi connectivity index (χ1v) is 23.0. The van der Waals surface area contributed by atoms with Gasteiger partial charge in [-0.1, -0.05) is 243 Å². The number of anilines is 3. The van der Waals surface area contributed by atoms with Gasteiger partial charge in [0.15, 0.2) is 0 Å². The standard InChI is InChI=1S/C66H45N/c1-5-25-48(26-6-1)65(49-27-7-2-8-28-49)60-39-18-16-36-58(60)64-61(65)40-21-41-63(64)67(52-33-19-24-47(44-52)55-37-20-23-46-22-13-14-34-54(46)55)53-42-43-57-56-35-15-17-38-59(56)66(62(57)45-53,50-29-9-3-10-30-50)51-31-11-4-12-32-51/h1-45H/i19D,24D,33D,44D. The van der Waals surface area contributed by atoms with Gasteiger partial charge in [-0.15, -0.1) is 0 Å². The Labute approximate surface area is 398 Å². The maximum atomic E-state index is 10.5. The molecule has 1 heteroatoms. The Balaban J connectivity index is 1.17. The number of benzene rings is 11. The SMILES string of the molecule is [2H]c1c([2H])c(-c2cccc3ccccc23)c([2H])c(N(c2ccc3c(c2)C(c2ccccc2)(c2ccccc2)c2ccccc2-3)c2cccc3c2-c2ccccc2C3(c2ccccc2)c2ccccc2)c1[2H]. The molecule has 11 aromatic rings. The van der Waals surface area contributed by atoms with Gasteiger partial charge in [0.25, 0.3) is 0 Å². The van der Waals surface area contributed by atoms with Crippen molar-refractivity contribution in [3.63, 3.8) is 0 Å². The monoisotopic (exact) mass is 855 g/mol. The quantitative estimate of drug-likeness (QED) is 0.147. The van der Waals surface area contributed by atoms with E-state index in [1.54, 1.807) is 0 Å². The first kappa shape index (κ1) is 34.8. The van der Waals surface area contributed by atoms with Crippen molar-refractivity contribution in [3.05, 3.63) is 317 Å². The van der Waals surface area contributed by atoms with Crippen molar-refractivity contribution in [2.45, 2.75) is 10.8 Å². The van der Waals surface area contributed by atoms with Crippen molar-refractivity contribution < 1.29 is 5.48 Å². The van der Waals surface area contributed by atoms with E-state index in [0.717, 1.165) is 83.3 Å². The molecule has 0 amide bonds. The third-order valence-corrected chi connectivity index (χ3v) is 14.3. The molecule has 0 N–H and O–H groups in total. The summed E-state index contributed by atoms with van der Waals surface area (Å²) in [6.07, 6.45) is 0. The highest BCUT2D eigenvalue weighted by Gasteiger charge is 2.49. The van der Waals surface area contributed by atoms with Crippen LogP contribution in [0.2, 0.25) is 0 Å². The summed E-state index contributed by atoms with van der Waals surface area (Å²) in [5.41, 5.74) is 14.5. The molecule has 0 unspecified atom stereocenters. The molecule has 0 atom stereocenters. The van der Waals surface area contributed by atoms with Gasteiger partial charge in [0.1, 0.15) is 0 Å². The van der Waals surface area contributed by atoms with Gasteiger partial charge in [-0.05, 0) is 113 Å². The summed E-state index contributed by atoms with van der Waals surface area (Å²) in [5.74, 6) is 0. The Kier molecular flexibility index (Phi) is 8.10. The highest BCUT2D eigenvalue weighted by atomic mass is 15.1. The fourth-order valence-corrected chi connectivity index (χ4v) is 11.6. The van der Waals surface area contributed by atoms with Gasteiger partial charge < -0.3 is 4.90 Å². The zero-order chi connectivity index (χ0) is 47.8. The lowest BCUT2D eigenvalue weighted by atomic mass is 9.67. The molecular weight excluding hydrogens is 807 g/mol. The zero-order valence-corrected chi connectivity index (χ0v) is 36.6. The highest BCUT2D eigenvalue weighted by Crippen LogP contribution is 2.61. The molecule has 0 fully saturated rings. The minimum atomic E-state index is -0.732. The first-order chi connectivity index (χ1) is 34.9. The molecule has 11 aromatic carbocycles. The smallest absolute Gasteiger partial charge is 0.0714 e. The summed E-state index contributed by atoms with van der Waals surface area (Å²) >= 11 is 0. The van der Waals surface area contributed by atoms with Crippen LogP contribution < -0.4 is 4.90 Å². The Bertz CT molecular complexity index is 3790. The molecule has 314 valence electrons. The van der Waals surface area contributed by atoms with E-state index < -0.39 is 10.8 Å². The second-order valence-electron chi connectivity index (χ2n) is 17.6. The van der Waals surface area contributed by atoms with Gasteiger partial charge in [-0.2, -0.15) is 0 Å². The molecule has 0 aliphatic heterocycles. The van der Waals surface area contributed by atoms with Gasteiger partial charge in [-0.3, -0.25) is 0 Å². The Morgan fingerprint density at radius 1 is 0.343 bits per heavy atom. The highest BCUT2D eigenvalue weighted by molar-refractivity contribution is 6.01. The Hall–Kier alpha value is -8.52. The number of nitrogens with zero attached hydrogens (tertiary/aromatic N) is 1. The molecular formula is C66H45N. The van der Waals surface area contributed by atoms with Gasteiger partial charge >= 0.3 is 0 Å². The van der Waals surface area contributed by atoms with Gasteiger partial charge in [0.2, 0.25) is 0 Å². The van der Waals surface area contributed by atoms with Crippen LogP contribution in [0.15, 0.2) is 273 Å². The summed E-state index contributed by atoms with van der Waals surface area (Å²) in [4.78, 5) is 2.07. The van der Waals surface area contributed by atoms with Crippen molar-refractivity contribution in [3.8, 4) is 33.4 Å². The number of hydrogen-bond acceptors (Lipinski definition) is 1. The van der Waals surface area contributed by atoms with Crippen molar-refractivity contribution in [2.75, 3.05) is 4.90 Å². The molecule has 0 spiro atoms. The Morgan fingerprint density at radius 3 is 1.48 bits per heavy atom. The van der Waals surface area contributed by atoms with Crippen LogP contribution in [0, 0.1) is 0 Å². The second kappa shape index (κ2) is 15.6. The first-order valence-electron chi connectivity index (χ1n) is 25.0. The van der Waals surface area contributed by atoms with E-state index >= 15 is 0 Å². The molecule has 0 radical (unpaired) electrons. The van der Waals surface area contributed by atoms with Crippen LogP contribution in [0.5, 0.6) is 0 Å². The van der Waals surface area contributed by atoms with Gasteiger partial charge in [0.05, 0.1) is 22.0 Å². The lowest BCUT2D eigenvalue weighted by Crippen LogP contribution is -2.29. The molecule has 13 rings (SSSR count). The van der Waals surface area contributed by atoms with Crippen LogP contribution in [-0.4, -0.2) is 0 Å². The maximum absolute atomic E-state index is 10.5. The molecule has 67 heavy (non-hydrogen) atoms. The fraction of sp³-hybridized carbons (Fsp3) is 0.0303. The molecule has 0 heterocycles. The largest absolute Gasteiger partial charge is 0.310 e. The number of fused-ring (bicyclic) bond motifs is 7. The van der Waals surface area contributed by atoms with Crippen LogP contribution in [-0.2, 0) is 10.8 Å². The van der Waals surface area contributed by atoms with E-state index in [0.29, 0.717) is 11.1 Å². The molecule has 0 bridgehead atoms. The van der Waals surface area contributed by atoms with Crippen LogP contribution in [0.1, 0.15) is 50.0 Å². The van der Waals surface area contributed by atoms with E-state index in [1.165, 1.54) is 5.56 Å². The minimum absolute atomic E-state index is 0.00906. The van der Waals surface area contributed by atoms with E-state index in [1.807, 2.05) is 42.5 Å². The van der Waals surface area contributed by atoms with Crippen LogP contribution >= 0.6 is 0 Å². The number of rotatable bonds is 8. The lowest BCUT2D eigenvalue weighted by molar-refractivity contribution is 0.768. The second-order valence-corrected chi connectivity index (χ2v) is 17.6. The third-order valence-electron chi connectivity index (χ3n) is 14.3. The maximum Gasteiger partial charge on any atom is 0.0714 e. The van der Waals surface area contributed by atoms with E-state index in [4.69, 9.17) is 0 Å². The fourth-order valence-electron chi connectivity index (χ4n) is 11.6. The predicted octanol–water partition coefficient (Wildman–Crippen LogP) is 16.7. The number of hydrogen-bond donors (Lipinski definition) is 0. The van der Waals surface area contributed by atoms with Crippen molar-refractivity contribution in [2.24, 2.45) is 0 Å². The van der Waals surface area contributed by atoms with E-state index in [-0.39, 0.29) is 29.9 Å². The molecule has 0 aromatic heterocycles. The van der Waals surface area contributed by atoms with Crippen LogP contribution in [0.3, 0.4) is 0 Å². The van der Waals surface area contributed by atoms with Gasteiger partial charge in [-0.25, -0.2) is 0 Å². The van der Waals surface area contributed by atoms with Crippen molar-refractivity contribution in [1.82, 2.24) is 0 Å². The topological polar surface area (TPSA) is 3.24 Å². The Morgan fingerprint density at radius 2 is 0.821 bits per heavy atom. The molecule has 0 saturated heterocycles.